The molecule has 4 rings (SSSR count). The van der Waals surface area contributed by atoms with Crippen LogP contribution in [0.5, 0.6) is 5.75 Å². The zero-order valence-corrected chi connectivity index (χ0v) is 25.7. The molecule has 0 radical (unpaired) electrons. The number of hydrogen-bond acceptors (Lipinski definition) is 5. The number of nitrogens with one attached hydrogen (secondary N) is 1. The predicted octanol–water partition coefficient (Wildman–Crippen LogP) is 5.52. The summed E-state index contributed by atoms with van der Waals surface area (Å²) in [6.07, 6.45) is 4.34. The van der Waals surface area contributed by atoms with Crippen molar-refractivity contribution in [2.24, 2.45) is 0 Å². The van der Waals surface area contributed by atoms with Gasteiger partial charge in [-0.05, 0) is 67.3 Å². The summed E-state index contributed by atoms with van der Waals surface area (Å²) in [5, 5.41) is 3.13. The van der Waals surface area contributed by atoms with Crippen molar-refractivity contribution in [3.8, 4) is 5.75 Å². The van der Waals surface area contributed by atoms with E-state index in [0.29, 0.717) is 22.3 Å². The summed E-state index contributed by atoms with van der Waals surface area (Å²) in [4.78, 5) is 29.3. The van der Waals surface area contributed by atoms with E-state index in [9.17, 15) is 18.0 Å². The molecule has 218 valence electrons. The van der Waals surface area contributed by atoms with Gasteiger partial charge >= 0.3 is 0 Å². The van der Waals surface area contributed by atoms with Gasteiger partial charge < -0.3 is 15.0 Å². The third kappa shape index (κ3) is 7.68. The highest BCUT2D eigenvalue weighted by Gasteiger charge is 2.34. The Bertz CT molecular complexity index is 1430. The Hall–Kier alpha value is -3.37. The van der Waals surface area contributed by atoms with Gasteiger partial charge in [-0.1, -0.05) is 72.1 Å². The molecule has 3 aromatic carbocycles. The average Bonchev–Trinajstić information content (AvgIpc) is 3.49. The first-order valence-corrected chi connectivity index (χ1v) is 16.0. The fourth-order valence-electron chi connectivity index (χ4n) is 5.09. The number of anilines is 1. The van der Waals surface area contributed by atoms with Gasteiger partial charge in [0.25, 0.3) is 10.0 Å². The Morgan fingerprint density at radius 1 is 1.00 bits per heavy atom. The fourth-order valence-corrected chi connectivity index (χ4v) is 6.91. The van der Waals surface area contributed by atoms with Crippen molar-refractivity contribution in [2.75, 3.05) is 18.0 Å². The number of nitrogens with zero attached hydrogens (tertiary/aromatic N) is 2. The molecule has 0 unspecified atom stereocenters. The minimum absolute atomic E-state index is 0.0699. The highest BCUT2D eigenvalue weighted by molar-refractivity contribution is 9.10. The molecule has 0 aromatic heterocycles. The molecular weight excluding hydrogens is 606 g/mol. The molecule has 0 spiro atoms. The largest absolute Gasteiger partial charge is 0.497 e. The van der Waals surface area contributed by atoms with Gasteiger partial charge in [0.2, 0.25) is 11.8 Å². The molecule has 2 amide bonds. The van der Waals surface area contributed by atoms with E-state index >= 15 is 0 Å². The first-order valence-electron chi connectivity index (χ1n) is 13.8. The number of rotatable bonds is 12. The van der Waals surface area contributed by atoms with E-state index in [2.05, 4.69) is 21.2 Å². The molecule has 1 aliphatic rings. The zero-order valence-electron chi connectivity index (χ0n) is 23.3. The van der Waals surface area contributed by atoms with Crippen LogP contribution in [-0.4, -0.2) is 50.9 Å². The minimum Gasteiger partial charge on any atom is -0.497 e. The standard InChI is InChI=1S/C31H36BrN3O5S/c1-3-29(31(37)33-25-11-7-8-12-25)34(21-23-16-18-27(40-2)19-17-23)30(36)22-35(26-13-9-10-24(32)20-26)41(38,39)28-14-5-4-6-15-28/h4-6,9-10,13-20,25,29H,3,7-8,11-12,21-22H2,1-2H3,(H,33,37)/t29-/m0/s1. The van der Waals surface area contributed by atoms with E-state index in [0.717, 1.165) is 35.6 Å². The summed E-state index contributed by atoms with van der Waals surface area (Å²) in [6, 6.07) is 21.4. The molecule has 10 heteroatoms. The number of methoxy groups -OCH3 is 1. The van der Waals surface area contributed by atoms with Gasteiger partial charge in [-0.2, -0.15) is 0 Å². The second kappa shape index (κ2) is 14.0. The van der Waals surface area contributed by atoms with Crippen molar-refractivity contribution in [3.05, 3.63) is 88.9 Å². The Morgan fingerprint density at radius 2 is 1.68 bits per heavy atom. The smallest absolute Gasteiger partial charge is 0.264 e. The summed E-state index contributed by atoms with van der Waals surface area (Å²) in [5.41, 5.74) is 1.13. The van der Waals surface area contributed by atoms with Gasteiger partial charge in [0.1, 0.15) is 18.3 Å². The summed E-state index contributed by atoms with van der Waals surface area (Å²) in [6.45, 7) is 1.52. The number of sulfonamides is 1. The van der Waals surface area contributed by atoms with E-state index in [1.165, 1.54) is 17.0 Å². The Morgan fingerprint density at radius 3 is 2.29 bits per heavy atom. The highest BCUT2D eigenvalue weighted by atomic mass is 79.9. The molecule has 1 N–H and O–H groups in total. The van der Waals surface area contributed by atoms with Gasteiger partial charge in [-0.15, -0.1) is 0 Å². The average molecular weight is 643 g/mol. The van der Waals surface area contributed by atoms with Crippen molar-refractivity contribution in [2.45, 2.75) is 62.6 Å². The number of halogens is 1. The molecule has 0 heterocycles. The molecule has 1 saturated carbocycles. The van der Waals surface area contributed by atoms with E-state index in [-0.39, 0.29) is 23.4 Å². The quantitative estimate of drug-likeness (QED) is 0.281. The lowest BCUT2D eigenvalue weighted by Crippen LogP contribution is -2.53. The summed E-state index contributed by atoms with van der Waals surface area (Å²) >= 11 is 3.42. The third-order valence-corrected chi connectivity index (χ3v) is 9.59. The maximum absolute atomic E-state index is 14.2. The fraction of sp³-hybridized carbons (Fsp3) is 0.355. The van der Waals surface area contributed by atoms with Crippen LogP contribution in [-0.2, 0) is 26.2 Å². The normalized spacial score (nSPS) is 14.3. The highest BCUT2D eigenvalue weighted by Crippen LogP contribution is 2.27. The van der Waals surface area contributed by atoms with Crippen LogP contribution in [0.2, 0.25) is 0 Å². The van der Waals surface area contributed by atoms with Crippen LogP contribution in [0, 0.1) is 0 Å². The van der Waals surface area contributed by atoms with E-state index < -0.39 is 28.5 Å². The lowest BCUT2D eigenvalue weighted by molar-refractivity contribution is -0.140. The lowest BCUT2D eigenvalue weighted by Gasteiger charge is -2.33. The Kier molecular flexibility index (Phi) is 10.4. The van der Waals surface area contributed by atoms with Crippen LogP contribution in [0.15, 0.2) is 88.2 Å². The van der Waals surface area contributed by atoms with Gasteiger partial charge in [0, 0.05) is 17.1 Å². The second-order valence-electron chi connectivity index (χ2n) is 10.1. The number of carbonyl (C=O) groups excluding carboxylic acids is 2. The first-order chi connectivity index (χ1) is 19.7. The molecule has 1 fully saturated rings. The Labute approximate surface area is 250 Å². The van der Waals surface area contributed by atoms with Gasteiger partial charge in [0.05, 0.1) is 17.7 Å². The Balaban J connectivity index is 1.70. The first kappa shape index (κ1) is 30.6. The summed E-state index contributed by atoms with van der Waals surface area (Å²) in [5.74, 6) is -0.0256. The second-order valence-corrected chi connectivity index (χ2v) is 12.9. The van der Waals surface area contributed by atoms with E-state index in [4.69, 9.17) is 4.74 Å². The molecule has 3 aromatic rings. The van der Waals surface area contributed by atoms with Crippen LogP contribution >= 0.6 is 15.9 Å². The molecule has 1 aliphatic carbocycles. The SMILES string of the molecule is CC[C@@H](C(=O)NC1CCCC1)N(Cc1ccc(OC)cc1)C(=O)CN(c1cccc(Br)c1)S(=O)(=O)c1ccccc1. The van der Waals surface area contributed by atoms with Gasteiger partial charge in [-0.25, -0.2) is 8.42 Å². The number of hydrogen-bond donors (Lipinski definition) is 1. The minimum atomic E-state index is -4.10. The van der Waals surface area contributed by atoms with E-state index in [1.807, 2.05) is 19.1 Å². The molecular formula is C31H36BrN3O5S. The van der Waals surface area contributed by atoms with Crippen molar-refractivity contribution in [3.63, 3.8) is 0 Å². The van der Waals surface area contributed by atoms with Gasteiger partial charge in [-0.3, -0.25) is 13.9 Å². The van der Waals surface area contributed by atoms with Crippen molar-refractivity contribution in [1.29, 1.82) is 0 Å². The number of benzene rings is 3. The van der Waals surface area contributed by atoms with Crippen molar-refractivity contribution >= 4 is 43.5 Å². The van der Waals surface area contributed by atoms with Crippen LogP contribution in [0.3, 0.4) is 0 Å². The third-order valence-electron chi connectivity index (χ3n) is 7.31. The maximum atomic E-state index is 14.2. The predicted molar refractivity (Wildman–Crippen MR) is 163 cm³/mol. The van der Waals surface area contributed by atoms with Crippen LogP contribution in [0.4, 0.5) is 5.69 Å². The summed E-state index contributed by atoms with van der Waals surface area (Å²) < 4.78 is 34.8. The van der Waals surface area contributed by atoms with Crippen LogP contribution in [0.25, 0.3) is 0 Å². The lowest BCUT2D eigenvalue weighted by atomic mass is 10.1. The number of ether oxygens (including phenoxy) is 1. The van der Waals surface area contributed by atoms with E-state index in [1.54, 1.807) is 61.7 Å². The molecule has 0 aliphatic heterocycles. The van der Waals surface area contributed by atoms with Gasteiger partial charge in [0.15, 0.2) is 0 Å². The van der Waals surface area contributed by atoms with Crippen LogP contribution < -0.4 is 14.4 Å². The zero-order chi connectivity index (χ0) is 29.4. The number of carbonyl (C=O) groups is 2. The number of amides is 2. The molecule has 41 heavy (non-hydrogen) atoms. The molecule has 8 nitrogen and oxygen atoms in total. The topological polar surface area (TPSA) is 96.0 Å². The summed E-state index contributed by atoms with van der Waals surface area (Å²) in [7, 11) is -2.53. The van der Waals surface area contributed by atoms with Crippen molar-refractivity contribution < 1.29 is 22.7 Å². The molecule has 1 atom stereocenters. The van der Waals surface area contributed by atoms with Crippen molar-refractivity contribution in [1.82, 2.24) is 10.2 Å². The molecule has 0 bridgehead atoms. The van der Waals surface area contributed by atoms with Crippen LogP contribution in [0.1, 0.15) is 44.6 Å². The maximum Gasteiger partial charge on any atom is 0.264 e. The monoisotopic (exact) mass is 641 g/mol. The molecule has 0 saturated heterocycles.